The van der Waals surface area contributed by atoms with E-state index in [9.17, 15) is 13.2 Å². The van der Waals surface area contributed by atoms with E-state index >= 15 is 0 Å². The third-order valence-corrected chi connectivity index (χ3v) is 3.20. The molecular weight excluding hydrogens is 277 g/mol. The number of hydrogen-bond donors (Lipinski definition) is 1. The van der Waals surface area contributed by atoms with Crippen LogP contribution >= 0.6 is 11.8 Å². The Morgan fingerprint density at radius 3 is 2.58 bits per heavy atom. The molecule has 19 heavy (non-hydrogen) atoms. The van der Waals surface area contributed by atoms with Crippen LogP contribution in [0.25, 0.3) is 0 Å². The van der Waals surface area contributed by atoms with Crippen molar-refractivity contribution in [2.24, 2.45) is 5.73 Å². The van der Waals surface area contributed by atoms with Gasteiger partial charge in [-0.2, -0.15) is 13.2 Å². The van der Waals surface area contributed by atoms with Crippen LogP contribution in [0.15, 0.2) is 40.8 Å². The Bertz CT molecular complexity index is 560. The molecule has 0 fully saturated rings. The van der Waals surface area contributed by atoms with Gasteiger partial charge in [-0.15, -0.1) is 0 Å². The Morgan fingerprint density at radius 2 is 2.00 bits per heavy atom. The molecule has 0 aliphatic carbocycles. The molecule has 8 heteroatoms. The summed E-state index contributed by atoms with van der Waals surface area (Å²) in [6, 6.07) is 3.85. The van der Waals surface area contributed by atoms with Gasteiger partial charge < -0.3 is 5.73 Å². The monoisotopic (exact) mass is 286 g/mol. The zero-order valence-electron chi connectivity index (χ0n) is 9.55. The van der Waals surface area contributed by atoms with E-state index < -0.39 is 11.9 Å². The van der Waals surface area contributed by atoms with Gasteiger partial charge in [0.05, 0.1) is 0 Å². The maximum Gasteiger partial charge on any atom is 0.433 e. The summed E-state index contributed by atoms with van der Waals surface area (Å²) in [5.74, 6) is 0. The summed E-state index contributed by atoms with van der Waals surface area (Å²) in [5, 5.41) is 0.715. The van der Waals surface area contributed by atoms with Crippen LogP contribution in [0.5, 0.6) is 0 Å². The van der Waals surface area contributed by atoms with Crippen molar-refractivity contribution in [1.82, 2.24) is 15.0 Å². The largest absolute Gasteiger partial charge is 0.433 e. The molecule has 2 aromatic heterocycles. The first-order chi connectivity index (χ1) is 9.00. The third-order valence-electron chi connectivity index (χ3n) is 2.21. The van der Waals surface area contributed by atoms with Crippen molar-refractivity contribution < 1.29 is 13.2 Å². The fourth-order valence-electron chi connectivity index (χ4n) is 1.31. The fraction of sp³-hybridized carbons (Fsp3) is 0.182. The Kier molecular flexibility index (Phi) is 4.01. The Labute approximate surface area is 111 Å². The van der Waals surface area contributed by atoms with Gasteiger partial charge in [-0.05, 0) is 29.5 Å². The lowest BCUT2D eigenvalue weighted by Gasteiger charge is -2.10. The van der Waals surface area contributed by atoms with E-state index in [1.165, 1.54) is 18.6 Å². The molecular formula is C11H9F3N4S. The van der Waals surface area contributed by atoms with Crippen molar-refractivity contribution >= 4 is 11.8 Å². The van der Waals surface area contributed by atoms with Crippen LogP contribution in [0.3, 0.4) is 0 Å². The summed E-state index contributed by atoms with van der Waals surface area (Å²) in [6.07, 6.45) is -1.66. The second-order valence-electron chi connectivity index (χ2n) is 3.51. The summed E-state index contributed by atoms with van der Waals surface area (Å²) in [4.78, 5) is 11.3. The highest BCUT2D eigenvalue weighted by molar-refractivity contribution is 7.99. The van der Waals surface area contributed by atoms with Gasteiger partial charge in [0.15, 0.2) is 0 Å². The minimum absolute atomic E-state index is 0.110. The van der Waals surface area contributed by atoms with Gasteiger partial charge in [0, 0.05) is 12.7 Å². The Balaban J connectivity index is 2.37. The second-order valence-corrected chi connectivity index (χ2v) is 4.52. The van der Waals surface area contributed by atoms with Gasteiger partial charge in [-0.1, -0.05) is 6.07 Å². The number of aromatic nitrogens is 3. The van der Waals surface area contributed by atoms with Crippen molar-refractivity contribution in [2.75, 3.05) is 0 Å². The van der Waals surface area contributed by atoms with Crippen molar-refractivity contribution in [2.45, 2.75) is 22.8 Å². The highest BCUT2D eigenvalue weighted by Gasteiger charge is 2.33. The summed E-state index contributed by atoms with van der Waals surface area (Å²) >= 11 is 1.03. The van der Waals surface area contributed by atoms with Gasteiger partial charge in [0.2, 0.25) is 0 Å². The van der Waals surface area contributed by atoms with E-state index in [2.05, 4.69) is 15.0 Å². The first kappa shape index (κ1) is 13.8. The minimum atomic E-state index is -4.48. The molecule has 0 unspecified atom stereocenters. The number of alkyl halides is 3. The van der Waals surface area contributed by atoms with Gasteiger partial charge in [0.1, 0.15) is 22.1 Å². The number of halogens is 3. The van der Waals surface area contributed by atoms with Crippen LogP contribution < -0.4 is 5.73 Å². The van der Waals surface area contributed by atoms with Crippen LogP contribution in [0, 0.1) is 0 Å². The van der Waals surface area contributed by atoms with Crippen LogP contribution in [0.4, 0.5) is 13.2 Å². The maximum atomic E-state index is 12.6. The number of pyridine rings is 1. The van der Waals surface area contributed by atoms with Crippen LogP contribution in [0.1, 0.15) is 11.3 Å². The summed E-state index contributed by atoms with van der Waals surface area (Å²) in [6.45, 7) is 0.110. The zero-order valence-corrected chi connectivity index (χ0v) is 10.4. The third kappa shape index (κ3) is 3.42. The number of nitrogens with zero attached hydrogens (tertiary/aromatic N) is 3. The van der Waals surface area contributed by atoms with Gasteiger partial charge >= 0.3 is 6.18 Å². The molecule has 0 radical (unpaired) electrons. The normalized spacial score (nSPS) is 11.6. The second kappa shape index (κ2) is 5.54. The molecule has 4 nitrogen and oxygen atoms in total. The molecule has 0 spiro atoms. The minimum Gasteiger partial charge on any atom is -0.326 e. The van der Waals surface area contributed by atoms with E-state index in [1.807, 2.05) is 0 Å². The molecule has 0 aliphatic heterocycles. The molecule has 2 heterocycles. The quantitative estimate of drug-likeness (QED) is 0.878. The smallest absolute Gasteiger partial charge is 0.326 e. The van der Waals surface area contributed by atoms with E-state index in [0.29, 0.717) is 10.6 Å². The topological polar surface area (TPSA) is 64.7 Å². The zero-order chi connectivity index (χ0) is 13.9. The van der Waals surface area contributed by atoms with Crippen molar-refractivity contribution in [3.63, 3.8) is 0 Å². The van der Waals surface area contributed by atoms with Crippen LogP contribution in [0.2, 0.25) is 0 Å². The Hall–Kier alpha value is -1.67. The van der Waals surface area contributed by atoms with Gasteiger partial charge in [-0.25, -0.2) is 15.0 Å². The molecule has 0 amide bonds. The summed E-state index contributed by atoms with van der Waals surface area (Å²) < 4.78 is 37.8. The lowest BCUT2D eigenvalue weighted by atomic mass is 10.2. The highest BCUT2D eigenvalue weighted by Crippen LogP contribution is 2.32. The molecule has 0 atom stereocenters. The van der Waals surface area contributed by atoms with E-state index in [1.54, 1.807) is 6.07 Å². The summed E-state index contributed by atoms with van der Waals surface area (Å²) in [7, 11) is 0. The van der Waals surface area contributed by atoms with E-state index in [4.69, 9.17) is 5.73 Å². The lowest BCUT2D eigenvalue weighted by Crippen LogP contribution is -2.10. The SMILES string of the molecule is NCc1ccc(C(F)(F)F)nc1Sc1ccncn1. The van der Waals surface area contributed by atoms with Crippen molar-refractivity contribution in [3.05, 3.63) is 42.0 Å². The highest BCUT2D eigenvalue weighted by atomic mass is 32.2. The number of hydrogen-bond acceptors (Lipinski definition) is 5. The molecule has 2 rings (SSSR count). The molecule has 0 saturated carbocycles. The van der Waals surface area contributed by atoms with E-state index in [-0.39, 0.29) is 11.6 Å². The number of rotatable bonds is 3. The molecule has 100 valence electrons. The van der Waals surface area contributed by atoms with E-state index in [0.717, 1.165) is 17.8 Å². The number of nitrogens with two attached hydrogens (primary N) is 1. The molecule has 0 saturated heterocycles. The van der Waals surface area contributed by atoms with Crippen molar-refractivity contribution in [1.29, 1.82) is 0 Å². The first-order valence-corrected chi connectivity index (χ1v) is 6.03. The predicted octanol–water partition coefficient (Wildman–Crippen LogP) is 2.50. The molecule has 2 aromatic rings. The first-order valence-electron chi connectivity index (χ1n) is 5.22. The standard InChI is InChI=1S/C11H9F3N4S/c12-11(13,14)8-2-1-7(5-15)10(18-8)19-9-3-4-16-6-17-9/h1-4,6H,5,15H2. The maximum absolute atomic E-state index is 12.6. The van der Waals surface area contributed by atoms with Crippen LogP contribution in [-0.4, -0.2) is 15.0 Å². The average molecular weight is 286 g/mol. The lowest BCUT2D eigenvalue weighted by molar-refractivity contribution is -0.141. The van der Waals surface area contributed by atoms with Gasteiger partial charge in [-0.3, -0.25) is 0 Å². The Morgan fingerprint density at radius 1 is 1.21 bits per heavy atom. The van der Waals surface area contributed by atoms with Crippen molar-refractivity contribution in [3.8, 4) is 0 Å². The molecule has 0 aromatic carbocycles. The molecule has 0 aliphatic rings. The molecule has 0 bridgehead atoms. The molecule has 2 N–H and O–H groups in total. The van der Waals surface area contributed by atoms with Crippen LogP contribution in [-0.2, 0) is 12.7 Å². The predicted molar refractivity (Wildman–Crippen MR) is 63.3 cm³/mol. The van der Waals surface area contributed by atoms with Gasteiger partial charge in [0.25, 0.3) is 0 Å². The fourth-order valence-corrected chi connectivity index (χ4v) is 2.16. The average Bonchev–Trinajstić information content (AvgIpc) is 2.39. The summed E-state index contributed by atoms with van der Waals surface area (Å²) in [5.41, 5.74) is 5.09.